The molecule has 8 atom stereocenters. The Morgan fingerprint density at radius 1 is 1.00 bits per heavy atom. The summed E-state index contributed by atoms with van der Waals surface area (Å²) in [5, 5.41) is 11.6. The van der Waals surface area contributed by atoms with Crippen molar-refractivity contribution in [2.45, 2.75) is 70.8 Å². The number of allylic oxidation sites excluding steroid dienone is 2. The molecule has 0 radical (unpaired) electrons. The van der Waals surface area contributed by atoms with E-state index in [9.17, 15) is 9.67 Å². The third-order valence-electron chi connectivity index (χ3n) is 9.34. The van der Waals surface area contributed by atoms with E-state index >= 15 is 0 Å². The van der Waals surface area contributed by atoms with Gasteiger partial charge in [-0.2, -0.15) is 0 Å². The zero-order valence-corrected chi connectivity index (χ0v) is 18.9. The van der Waals surface area contributed by atoms with Gasteiger partial charge in [0.05, 0.1) is 5.60 Å². The first-order valence-electron chi connectivity index (χ1n) is 11.8. The first-order chi connectivity index (χ1) is 13.9. The minimum absolute atomic E-state index is 0.258. The summed E-state index contributed by atoms with van der Waals surface area (Å²) < 4.78 is 13.0. The van der Waals surface area contributed by atoms with Crippen molar-refractivity contribution in [3.63, 3.8) is 0 Å². The van der Waals surface area contributed by atoms with E-state index in [1.807, 2.05) is 37.3 Å². The summed E-state index contributed by atoms with van der Waals surface area (Å²) in [7, 11) is -1.34. The second kappa shape index (κ2) is 7.31. The highest BCUT2D eigenvalue weighted by molar-refractivity contribution is 7.53. The Bertz CT molecular complexity index is 813. The molecule has 1 aromatic rings. The van der Waals surface area contributed by atoms with E-state index in [0.29, 0.717) is 0 Å². The number of fused-ring (bicyclic) bond motifs is 5. The van der Waals surface area contributed by atoms with Gasteiger partial charge in [0.2, 0.25) is 0 Å². The summed E-state index contributed by atoms with van der Waals surface area (Å²) >= 11 is 0. The molecular weight excluding hydrogens is 375 g/mol. The number of hydrogen-bond acceptors (Lipinski definition) is 2. The van der Waals surface area contributed by atoms with Crippen molar-refractivity contribution in [1.82, 2.24) is 0 Å². The molecule has 156 valence electrons. The first kappa shape index (κ1) is 20.0. The summed E-state index contributed by atoms with van der Waals surface area (Å²) in [6.07, 6.45) is 12.9. The SMILES string of the molecule is C[C@@]1(O)CC[C@H]2[C@H](CC[C@@H]3[C@@H]2CC[C@]2(C)C(C[P+](=O)c4ccccc4)=CC[C@@H]32)C1. The van der Waals surface area contributed by atoms with Gasteiger partial charge in [-0.3, -0.25) is 0 Å². The van der Waals surface area contributed by atoms with E-state index in [1.54, 1.807) is 0 Å². The summed E-state index contributed by atoms with van der Waals surface area (Å²) in [6.45, 7) is 4.53. The fraction of sp³-hybridized carbons (Fsp3) is 0.692. The van der Waals surface area contributed by atoms with Crippen LogP contribution in [0, 0.1) is 35.0 Å². The lowest BCUT2D eigenvalue weighted by Gasteiger charge is -2.56. The normalized spacial score (nSPS) is 44.3. The molecule has 0 saturated heterocycles. The highest BCUT2D eigenvalue weighted by atomic mass is 31.1. The molecule has 0 aromatic heterocycles. The first-order valence-corrected chi connectivity index (χ1v) is 13.2. The molecule has 1 unspecified atom stereocenters. The predicted molar refractivity (Wildman–Crippen MR) is 120 cm³/mol. The Labute approximate surface area is 177 Å². The molecule has 4 aliphatic carbocycles. The van der Waals surface area contributed by atoms with Crippen LogP contribution in [0.2, 0.25) is 0 Å². The lowest BCUT2D eigenvalue weighted by atomic mass is 9.49. The van der Waals surface area contributed by atoms with E-state index in [0.717, 1.165) is 53.9 Å². The molecule has 4 aliphatic rings. The third kappa shape index (κ3) is 3.45. The van der Waals surface area contributed by atoms with Crippen LogP contribution < -0.4 is 5.30 Å². The Balaban J connectivity index is 1.31. The Hall–Kier alpha value is -0.980. The summed E-state index contributed by atoms with van der Waals surface area (Å²) in [4.78, 5) is 0. The maximum Gasteiger partial charge on any atom is 0.381 e. The minimum Gasteiger partial charge on any atom is -0.390 e. The van der Waals surface area contributed by atoms with Crippen molar-refractivity contribution in [2.75, 3.05) is 6.16 Å². The Morgan fingerprint density at radius 3 is 2.55 bits per heavy atom. The van der Waals surface area contributed by atoms with Gasteiger partial charge in [0.25, 0.3) is 0 Å². The number of rotatable bonds is 3. The van der Waals surface area contributed by atoms with Crippen molar-refractivity contribution in [3.8, 4) is 0 Å². The summed E-state index contributed by atoms with van der Waals surface area (Å²) in [5.41, 5.74) is 1.32. The standard InChI is InChI=1S/C26H36O2P/c1-25(27)14-12-21-18(16-25)8-10-23-22(21)13-15-26(2)19(9-11-24(23)26)17-29(28)20-6-4-3-5-7-20/h3-7,9,18,21-24,27H,8,10-17H2,1-2H3/q+1/t18-,21+,22-,23-,24+,25-,26-/m1/s1. The summed E-state index contributed by atoms with van der Waals surface area (Å²) in [6, 6.07) is 10.0. The molecule has 3 fully saturated rings. The quantitative estimate of drug-likeness (QED) is 0.483. The highest BCUT2D eigenvalue weighted by Crippen LogP contribution is 2.63. The Morgan fingerprint density at radius 2 is 1.76 bits per heavy atom. The molecule has 0 bridgehead atoms. The van der Waals surface area contributed by atoms with Crippen LogP contribution in [0.1, 0.15) is 65.2 Å². The minimum atomic E-state index is -1.34. The van der Waals surface area contributed by atoms with Crippen molar-refractivity contribution in [1.29, 1.82) is 0 Å². The van der Waals surface area contributed by atoms with E-state index in [2.05, 4.69) is 13.0 Å². The third-order valence-corrected chi connectivity index (χ3v) is 10.8. The zero-order chi connectivity index (χ0) is 20.2. The molecule has 0 aliphatic heterocycles. The molecule has 0 spiro atoms. The summed E-state index contributed by atoms with van der Waals surface area (Å²) in [5.74, 6) is 4.02. The average Bonchev–Trinajstić information content (AvgIpc) is 3.04. The smallest absolute Gasteiger partial charge is 0.381 e. The second-order valence-electron chi connectivity index (χ2n) is 11.0. The van der Waals surface area contributed by atoms with E-state index in [-0.39, 0.29) is 5.41 Å². The highest BCUT2D eigenvalue weighted by Gasteiger charge is 2.56. The fourth-order valence-electron chi connectivity index (χ4n) is 7.82. The molecule has 0 amide bonds. The van der Waals surface area contributed by atoms with E-state index in [4.69, 9.17) is 0 Å². The van der Waals surface area contributed by atoms with Crippen LogP contribution in [0.15, 0.2) is 42.0 Å². The van der Waals surface area contributed by atoms with Crippen LogP contribution in [0.25, 0.3) is 0 Å². The number of hydrogen-bond donors (Lipinski definition) is 1. The van der Waals surface area contributed by atoms with Gasteiger partial charge in [-0.1, -0.05) is 35.8 Å². The molecule has 5 rings (SSSR count). The largest absolute Gasteiger partial charge is 0.390 e. The van der Waals surface area contributed by atoms with Gasteiger partial charge >= 0.3 is 7.80 Å². The van der Waals surface area contributed by atoms with E-state index in [1.165, 1.54) is 44.1 Å². The van der Waals surface area contributed by atoms with Gasteiger partial charge in [-0.15, -0.1) is 0 Å². The molecular formula is C26H36O2P+. The van der Waals surface area contributed by atoms with Crippen molar-refractivity contribution >= 4 is 13.1 Å². The molecule has 0 heterocycles. The van der Waals surface area contributed by atoms with Gasteiger partial charge in [-0.25, -0.2) is 0 Å². The van der Waals surface area contributed by atoms with Crippen LogP contribution >= 0.6 is 7.80 Å². The molecule has 3 heteroatoms. The lowest BCUT2D eigenvalue weighted by molar-refractivity contribution is -0.0909. The van der Waals surface area contributed by atoms with Gasteiger partial charge in [-0.05, 0) is 111 Å². The van der Waals surface area contributed by atoms with Crippen molar-refractivity contribution in [2.24, 2.45) is 35.0 Å². The maximum atomic E-state index is 13.0. The van der Waals surface area contributed by atoms with Crippen LogP contribution in [0.5, 0.6) is 0 Å². The van der Waals surface area contributed by atoms with Gasteiger partial charge in [0.1, 0.15) is 0 Å². The number of aliphatic hydroxyl groups is 1. The van der Waals surface area contributed by atoms with Crippen LogP contribution in [-0.2, 0) is 4.57 Å². The predicted octanol–water partition coefficient (Wildman–Crippen LogP) is 6.08. The topological polar surface area (TPSA) is 37.3 Å². The molecule has 1 aromatic carbocycles. The van der Waals surface area contributed by atoms with Gasteiger partial charge < -0.3 is 5.11 Å². The second-order valence-corrected chi connectivity index (χ2v) is 12.6. The monoisotopic (exact) mass is 411 g/mol. The lowest BCUT2D eigenvalue weighted by Crippen LogP contribution is -2.50. The van der Waals surface area contributed by atoms with Crippen LogP contribution in [0.3, 0.4) is 0 Å². The molecule has 29 heavy (non-hydrogen) atoms. The average molecular weight is 412 g/mol. The molecule has 3 saturated carbocycles. The van der Waals surface area contributed by atoms with Crippen molar-refractivity contribution < 1.29 is 9.67 Å². The van der Waals surface area contributed by atoms with Crippen molar-refractivity contribution in [3.05, 3.63) is 42.0 Å². The van der Waals surface area contributed by atoms with Crippen LogP contribution in [0.4, 0.5) is 0 Å². The van der Waals surface area contributed by atoms with E-state index < -0.39 is 13.4 Å². The van der Waals surface area contributed by atoms with Crippen LogP contribution in [-0.4, -0.2) is 16.9 Å². The van der Waals surface area contributed by atoms with Gasteiger partial charge in [0, 0.05) is 0 Å². The molecule has 1 N–H and O–H groups in total. The zero-order valence-electron chi connectivity index (χ0n) is 18.0. The molecule has 2 nitrogen and oxygen atoms in total. The Kier molecular flexibility index (Phi) is 5.03. The fourth-order valence-corrected chi connectivity index (χ4v) is 9.31. The maximum absolute atomic E-state index is 13.0. The van der Waals surface area contributed by atoms with Gasteiger partial charge in [0.15, 0.2) is 11.5 Å². The number of benzene rings is 1.